The molecule has 0 saturated heterocycles. The third-order valence-electron chi connectivity index (χ3n) is 1.91. The predicted octanol–water partition coefficient (Wildman–Crippen LogP) is 3.48. The molecule has 0 aliphatic rings. The van der Waals surface area contributed by atoms with Crippen LogP contribution in [0.5, 0.6) is 0 Å². The summed E-state index contributed by atoms with van der Waals surface area (Å²) >= 11 is 5.53. The minimum absolute atomic E-state index is 0.661. The number of rotatable bonds is 6. The van der Waals surface area contributed by atoms with Crippen LogP contribution in [0.25, 0.3) is 6.08 Å². The number of hydrogen-bond acceptors (Lipinski definition) is 1. The monoisotopic (exact) mass is 210 g/mol. The molecule has 0 heterocycles. The Hall–Kier alpha value is -0.790. The van der Waals surface area contributed by atoms with E-state index in [1.54, 1.807) is 0 Å². The Morgan fingerprint density at radius 3 is 2.57 bits per heavy atom. The fourth-order valence-electron chi connectivity index (χ4n) is 1.10. The summed E-state index contributed by atoms with van der Waals surface area (Å²) < 4.78 is 5.42. The highest BCUT2D eigenvalue weighted by atomic mass is 35.5. The smallest absolute Gasteiger partial charge is 0.0716 e. The molecule has 0 atom stereocenters. The van der Waals surface area contributed by atoms with Crippen LogP contribution in [0.3, 0.4) is 0 Å². The van der Waals surface area contributed by atoms with E-state index in [0.717, 1.165) is 18.6 Å². The molecule has 2 heteroatoms. The van der Waals surface area contributed by atoms with Crippen LogP contribution in [0.1, 0.15) is 17.5 Å². The van der Waals surface area contributed by atoms with Crippen molar-refractivity contribution in [3.63, 3.8) is 0 Å². The van der Waals surface area contributed by atoms with Gasteiger partial charge in [-0.05, 0) is 17.5 Å². The summed E-state index contributed by atoms with van der Waals surface area (Å²) in [7, 11) is 0. The van der Waals surface area contributed by atoms with Gasteiger partial charge < -0.3 is 4.74 Å². The minimum atomic E-state index is 0.661. The van der Waals surface area contributed by atoms with Gasteiger partial charge in [-0.2, -0.15) is 0 Å². The maximum absolute atomic E-state index is 5.53. The van der Waals surface area contributed by atoms with Crippen molar-refractivity contribution in [2.45, 2.75) is 13.0 Å². The summed E-state index contributed by atoms with van der Waals surface area (Å²) in [4.78, 5) is 0. The summed E-state index contributed by atoms with van der Waals surface area (Å²) in [5, 5.41) is 0. The van der Waals surface area contributed by atoms with Gasteiger partial charge in [0.15, 0.2) is 0 Å². The summed E-state index contributed by atoms with van der Waals surface area (Å²) in [6.07, 6.45) is 2.74. The van der Waals surface area contributed by atoms with Gasteiger partial charge in [-0.25, -0.2) is 0 Å². The predicted molar refractivity (Wildman–Crippen MR) is 61.5 cm³/mol. The molecule has 0 unspecified atom stereocenters. The SMILES string of the molecule is C=Cc1ccc(COCCCCl)cc1. The molecule has 0 saturated carbocycles. The van der Waals surface area contributed by atoms with E-state index in [2.05, 4.69) is 18.7 Å². The van der Waals surface area contributed by atoms with Gasteiger partial charge in [-0.15, -0.1) is 11.6 Å². The van der Waals surface area contributed by atoms with E-state index >= 15 is 0 Å². The van der Waals surface area contributed by atoms with Crippen molar-refractivity contribution < 1.29 is 4.74 Å². The van der Waals surface area contributed by atoms with E-state index in [4.69, 9.17) is 16.3 Å². The molecule has 1 aromatic carbocycles. The quantitative estimate of drug-likeness (QED) is 0.516. The number of alkyl halides is 1. The molecule has 0 aromatic heterocycles. The zero-order valence-electron chi connectivity index (χ0n) is 8.21. The second-order valence-electron chi connectivity index (χ2n) is 3.04. The van der Waals surface area contributed by atoms with E-state index in [0.29, 0.717) is 12.5 Å². The first-order chi connectivity index (χ1) is 6.86. The Balaban J connectivity index is 2.32. The lowest BCUT2D eigenvalue weighted by Crippen LogP contribution is -1.95. The first-order valence-electron chi connectivity index (χ1n) is 4.72. The van der Waals surface area contributed by atoms with E-state index in [9.17, 15) is 0 Å². The molecule has 1 aromatic rings. The molecule has 0 radical (unpaired) electrons. The molecule has 0 aliphatic heterocycles. The lowest BCUT2D eigenvalue weighted by molar-refractivity contribution is 0.122. The van der Waals surface area contributed by atoms with Crippen molar-refractivity contribution in [3.8, 4) is 0 Å². The van der Waals surface area contributed by atoms with Gasteiger partial charge >= 0.3 is 0 Å². The highest BCUT2D eigenvalue weighted by Crippen LogP contribution is 2.06. The summed E-state index contributed by atoms with van der Waals surface area (Å²) in [6, 6.07) is 8.18. The maximum atomic E-state index is 5.53. The second kappa shape index (κ2) is 6.63. The van der Waals surface area contributed by atoms with Crippen LogP contribution < -0.4 is 0 Å². The first kappa shape index (κ1) is 11.3. The van der Waals surface area contributed by atoms with E-state index < -0.39 is 0 Å². The zero-order chi connectivity index (χ0) is 10.2. The van der Waals surface area contributed by atoms with Gasteiger partial charge in [-0.1, -0.05) is 36.9 Å². The third-order valence-corrected chi connectivity index (χ3v) is 2.17. The highest BCUT2D eigenvalue weighted by molar-refractivity contribution is 6.17. The van der Waals surface area contributed by atoms with Crippen LogP contribution in [0.15, 0.2) is 30.8 Å². The molecule has 1 nitrogen and oxygen atoms in total. The second-order valence-corrected chi connectivity index (χ2v) is 3.42. The average Bonchev–Trinajstić information content (AvgIpc) is 2.25. The third kappa shape index (κ3) is 3.95. The van der Waals surface area contributed by atoms with Gasteiger partial charge in [0.2, 0.25) is 0 Å². The summed E-state index contributed by atoms with van der Waals surface area (Å²) in [5.41, 5.74) is 2.32. The fraction of sp³-hybridized carbons (Fsp3) is 0.333. The van der Waals surface area contributed by atoms with Gasteiger partial charge in [-0.3, -0.25) is 0 Å². The number of ether oxygens (including phenoxy) is 1. The van der Waals surface area contributed by atoms with Crippen molar-refractivity contribution in [2.75, 3.05) is 12.5 Å². The Labute approximate surface area is 90.3 Å². The summed E-state index contributed by atoms with van der Waals surface area (Å²) in [6.45, 7) is 5.09. The Morgan fingerprint density at radius 2 is 2.00 bits per heavy atom. The van der Waals surface area contributed by atoms with Gasteiger partial charge in [0.1, 0.15) is 0 Å². The van der Waals surface area contributed by atoms with Gasteiger partial charge in [0.25, 0.3) is 0 Å². The van der Waals surface area contributed by atoms with E-state index in [1.807, 2.05) is 18.2 Å². The Morgan fingerprint density at radius 1 is 1.29 bits per heavy atom. The molecule has 0 amide bonds. The van der Waals surface area contributed by atoms with Crippen LogP contribution >= 0.6 is 11.6 Å². The van der Waals surface area contributed by atoms with Gasteiger partial charge in [0, 0.05) is 12.5 Å². The molecule has 14 heavy (non-hydrogen) atoms. The molecule has 0 spiro atoms. The molecule has 0 fully saturated rings. The first-order valence-corrected chi connectivity index (χ1v) is 5.25. The summed E-state index contributed by atoms with van der Waals surface area (Å²) in [5.74, 6) is 0.662. The fourth-order valence-corrected chi connectivity index (χ4v) is 1.21. The van der Waals surface area contributed by atoms with Crippen LogP contribution in [0.4, 0.5) is 0 Å². The number of benzene rings is 1. The Bertz CT molecular complexity index is 266. The lowest BCUT2D eigenvalue weighted by atomic mass is 10.1. The van der Waals surface area contributed by atoms with Crippen molar-refractivity contribution in [2.24, 2.45) is 0 Å². The molecular formula is C12H15ClO. The standard InChI is InChI=1S/C12H15ClO/c1-2-11-4-6-12(7-5-11)10-14-9-3-8-13/h2,4-7H,1,3,8-10H2. The molecule has 0 aliphatic carbocycles. The van der Waals surface area contributed by atoms with Crippen molar-refractivity contribution >= 4 is 17.7 Å². The number of halogens is 1. The van der Waals surface area contributed by atoms with Crippen molar-refractivity contribution in [1.82, 2.24) is 0 Å². The van der Waals surface area contributed by atoms with Gasteiger partial charge in [0.05, 0.1) is 6.61 Å². The van der Waals surface area contributed by atoms with Crippen LogP contribution in [0, 0.1) is 0 Å². The van der Waals surface area contributed by atoms with Crippen LogP contribution in [0.2, 0.25) is 0 Å². The maximum Gasteiger partial charge on any atom is 0.0716 e. The number of hydrogen-bond donors (Lipinski definition) is 0. The largest absolute Gasteiger partial charge is 0.377 e. The van der Waals surface area contributed by atoms with Crippen molar-refractivity contribution in [1.29, 1.82) is 0 Å². The topological polar surface area (TPSA) is 9.23 Å². The Kier molecular flexibility index (Phi) is 5.35. The van der Waals surface area contributed by atoms with Crippen LogP contribution in [-0.4, -0.2) is 12.5 Å². The van der Waals surface area contributed by atoms with Crippen LogP contribution in [-0.2, 0) is 11.3 Å². The van der Waals surface area contributed by atoms with Crippen molar-refractivity contribution in [3.05, 3.63) is 42.0 Å². The molecule has 76 valence electrons. The molecule has 1 rings (SSSR count). The molecular weight excluding hydrogens is 196 g/mol. The van der Waals surface area contributed by atoms with E-state index in [1.165, 1.54) is 5.56 Å². The minimum Gasteiger partial charge on any atom is -0.377 e. The highest BCUT2D eigenvalue weighted by Gasteiger charge is 1.92. The lowest BCUT2D eigenvalue weighted by Gasteiger charge is -2.03. The van der Waals surface area contributed by atoms with E-state index in [-0.39, 0.29) is 0 Å². The average molecular weight is 211 g/mol. The normalized spacial score (nSPS) is 10.1. The molecule has 0 bridgehead atoms. The zero-order valence-corrected chi connectivity index (χ0v) is 8.96. The molecule has 0 N–H and O–H groups in total.